The van der Waals surface area contributed by atoms with Gasteiger partial charge in [-0.05, 0) is 36.4 Å². The zero-order valence-electron chi connectivity index (χ0n) is 12.0. The molecule has 23 heavy (non-hydrogen) atoms. The minimum Gasteiger partial charge on any atom is -0.467 e. The molecular weight excluding hydrogens is 301 g/mol. The van der Waals surface area contributed by atoms with Crippen LogP contribution in [0.2, 0.25) is 0 Å². The fourth-order valence-corrected chi connectivity index (χ4v) is 2.07. The molecule has 0 aliphatic rings. The van der Waals surface area contributed by atoms with Gasteiger partial charge in [-0.1, -0.05) is 6.07 Å². The minimum absolute atomic E-state index is 0.000822. The van der Waals surface area contributed by atoms with E-state index >= 15 is 0 Å². The first-order valence-electron chi connectivity index (χ1n) is 6.95. The van der Waals surface area contributed by atoms with Crippen molar-refractivity contribution in [3.05, 3.63) is 72.2 Å². The van der Waals surface area contributed by atoms with Crippen molar-refractivity contribution in [2.75, 3.05) is 6.54 Å². The third-order valence-electron chi connectivity index (χ3n) is 3.22. The van der Waals surface area contributed by atoms with E-state index in [1.165, 1.54) is 29.1 Å². The fourth-order valence-electron chi connectivity index (χ4n) is 2.07. The molecule has 1 aromatic carbocycles. The average Bonchev–Trinajstić information content (AvgIpc) is 3.23. The van der Waals surface area contributed by atoms with Crippen LogP contribution in [0.15, 0.2) is 59.3 Å². The van der Waals surface area contributed by atoms with Crippen molar-refractivity contribution in [3.8, 4) is 5.69 Å². The van der Waals surface area contributed by atoms with Crippen LogP contribution in [0, 0.1) is 5.82 Å². The monoisotopic (exact) mass is 315 g/mol. The van der Waals surface area contributed by atoms with Gasteiger partial charge in [0.15, 0.2) is 5.69 Å². The second-order valence-electron chi connectivity index (χ2n) is 4.87. The van der Waals surface area contributed by atoms with Crippen molar-refractivity contribution >= 4 is 5.91 Å². The normalized spacial score (nSPS) is 12.1. The number of nitrogens with one attached hydrogen (secondary N) is 1. The fraction of sp³-hybridized carbons (Fsp3) is 0.125. The molecule has 6 nitrogen and oxygen atoms in total. The minimum atomic E-state index is -0.931. The Morgan fingerprint density at radius 1 is 1.35 bits per heavy atom. The highest BCUT2D eigenvalue weighted by atomic mass is 19.1. The van der Waals surface area contributed by atoms with Gasteiger partial charge in [0, 0.05) is 6.20 Å². The Hall–Kier alpha value is -2.93. The van der Waals surface area contributed by atoms with Gasteiger partial charge in [0.2, 0.25) is 0 Å². The number of carbonyl (C=O) groups excluding carboxylic acids is 1. The van der Waals surface area contributed by atoms with Crippen LogP contribution in [-0.4, -0.2) is 27.3 Å². The summed E-state index contributed by atoms with van der Waals surface area (Å²) in [5, 5.41) is 16.5. The predicted molar refractivity (Wildman–Crippen MR) is 79.5 cm³/mol. The zero-order chi connectivity index (χ0) is 16.2. The lowest BCUT2D eigenvalue weighted by Gasteiger charge is -2.08. The third-order valence-corrected chi connectivity index (χ3v) is 3.22. The molecule has 0 saturated heterocycles. The van der Waals surface area contributed by atoms with Crippen LogP contribution in [0.3, 0.4) is 0 Å². The average molecular weight is 315 g/mol. The number of rotatable bonds is 5. The summed E-state index contributed by atoms with van der Waals surface area (Å²) >= 11 is 0. The van der Waals surface area contributed by atoms with Gasteiger partial charge in [-0.2, -0.15) is 5.10 Å². The van der Waals surface area contributed by atoms with E-state index in [0.29, 0.717) is 11.4 Å². The molecule has 118 valence electrons. The summed E-state index contributed by atoms with van der Waals surface area (Å²) in [7, 11) is 0. The molecule has 3 aromatic rings. The Bertz CT molecular complexity index is 799. The third kappa shape index (κ3) is 3.46. The quantitative estimate of drug-likeness (QED) is 0.755. The molecule has 3 rings (SSSR count). The molecule has 2 heterocycles. The van der Waals surface area contributed by atoms with Crippen molar-refractivity contribution in [1.82, 2.24) is 15.1 Å². The zero-order valence-corrected chi connectivity index (χ0v) is 12.0. The number of halogens is 1. The van der Waals surface area contributed by atoms with Crippen LogP contribution in [0.1, 0.15) is 22.4 Å². The summed E-state index contributed by atoms with van der Waals surface area (Å²) < 4.78 is 19.7. The summed E-state index contributed by atoms with van der Waals surface area (Å²) in [4.78, 5) is 12.0. The molecule has 0 fully saturated rings. The smallest absolute Gasteiger partial charge is 0.271 e. The number of hydrogen-bond acceptors (Lipinski definition) is 4. The molecule has 0 bridgehead atoms. The van der Waals surface area contributed by atoms with E-state index in [-0.39, 0.29) is 18.1 Å². The molecule has 2 aromatic heterocycles. The topological polar surface area (TPSA) is 80.3 Å². The van der Waals surface area contributed by atoms with Gasteiger partial charge in [0.25, 0.3) is 5.91 Å². The van der Waals surface area contributed by atoms with E-state index in [1.807, 2.05) is 0 Å². The molecule has 0 aliphatic heterocycles. The Balaban J connectivity index is 1.64. The van der Waals surface area contributed by atoms with Gasteiger partial charge in [-0.15, -0.1) is 0 Å². The number of hydrogen-bond donors (Lipinski definition) is 2. The molecule has 1 atom stereocenters. The lowest BCUT2D eigenvalue weighted by Crippen LogP contribution is -2.28. The van der Waals surface area contributed by atoms with Crippen LogP contribution in [0.25, 0.3) is 5.69 Å². The van der Waals surface area contributed by atoms with Crippen LogP contribution >= 0.6 is 0 Å². The number of furan rings is 1. The van der Waals surface area contributed by atoms with Gasteiger partial charge < -0.3 is 14.8 Å². The molecule has 0 aliphatic carbocycles. The van der Waals surface area contributed by atoms with E-state index < -0.39 is 12.0 Å². The molecule has 0 spiro atoms. The van der Waals surface area contributed by atoms with Crippen molar-refractivity contribution in [1.29, 1.82) is 0 Å². The van der Waals surface area contributed by atoms with E-state index in [4.69, 9.17) is 4.42 Å². The van der Waals surface area contributed by atoms with Gasteiger partial charge in [0.05, 0.1) is 18.5 Å². The van der Waals surface area contributed by atoms with Crippen LogP contribution < -0.4 is 5.32 Å². The number of carbonyl (C=O) groups is 1. The molecule has 7 heteroatoms. The van der Waals surface area contributed by atoms with Crippen molar-refractivity contribution in [2.45, 2.75) is 6.10 Å². The standard InChI is InChI=1S/C16H14FN3O3/c17-11-3-1-4-12(9-11)20-7-6-13(19-20)16(22)18-10-14(21)15-5-2-8-23-15/h1-9,14,21H,10H2,(H,18,22). The Morgan fingerprint density at radius 2 is 2.22 bits per heavy atom. The lowest BCUT2D eigenvalue weighted by molar-refractivity contribution is 0.0896. The molecule has 2 N–H and O–H groups in total. The number of aromatic nitrogens is 2. The van der Waals surface area contributed by atoms with Crippen molar-refractivity contribution in [2.24, 2.45) is 0 Å². The van der Waals surface area contributed by atoms with E-state index in [0.717, 1.165) is 0 Å². The van der Waals surface area contributed by atoms with E-state index in [1.54, 1.807) is 30.5 Å². The Morgan fingerprint density at radius 3 is 2.96 bits per heavy atom. The summed E-state index contributed by atoms with van der Waals surface area (Å²) in [5.74, 6) is -0.452. The van der Waals surface area contributed by atoms with Gasteiger partial charge in [-0.3, -0.25) is 4.79 Å². The highest BCUT2D eigenvalue weighted by molar-refractivity contribution is 5.92. The first-order valence-corrected chi connectivity index (χ1v) is 6.95. The van der Waals surface area contributed by atoms with Gasteiger partial charge in [0.1, 0.15) is 17.7 Å². The SMILES string of the molecule is O=C(NCC(O)c1ccco1)c1ccn(-c2cccc(F)c2)n1. The van der Waals surface area contributed by atoms with Crippen molar-refractivity contribution in [3.63, 3.8) is 0 Å². The maximum absolute atomic E-state index is 13.2. The number of amides is 1. The second-order valence-corrected chi connectivity index (χ2v) is 4.87. The maximum Gasteiger partial charge on any atom is 0.271 e. The van der Waals surface area contributed by atoms with Crippen LogP contribution in [0.5, 0.6) is 0 Å². The second kappa shape index (κ2) is 6.45. The van der Waals surface area contributed by atoms with Crippen LogP contribution in [-0.2, 0) is 0 Å². The first kappa shape index (κ1) is 15.0. The van der Waals surface area contributed by atoms with Gasteiger partial charge >= 0.3 is 0 Å². The van der Waals surface area contributed by atoms with Crippen LogP contribution in [0.4, 0.5) is 4.39 Å². The first-order chi connectivity index (χ1) is 11.1. The number of aliphatic hydroxyl groups is 1. The number of aliphatic hydroxyl groups excluding tert-OH is 1. The molecule has 0 radical (unpaired) electrons. The van der Waals surface area contributed by atoms with E-state index in [9.17, 15) is 14.3 Å². The Labute approximate surface area is 131 Å². The molecular formula is C16H14FN3O3. The molecule has 1 unspecified atom stereocenters. The summed E-state index contributed by atoms with van der Waals surface area (Å²) in [6.07, 6.45) is 2.08. The van der Waals surface area contributed by atoms with Crippen molar-refractivity contribution < 1.29 is 18.7 Å². The Kier molecular flexibility index (Phi) is 4.20. The number of benzene rings is 1. The highest BCUT2D eigenvalue weighted by Gasteiger charge is 2.15. The molecule has 1 amide bonds. The van der Waals surface area contributed by atoms with E-state index in [2.05, 4.69) is 10.4 Å². The summed E-state index contributed by atoms with van der Waals surface area (Å²) in [6.45, 7) is -0.000822. The predicted octanol–water partition coefficient (Wildman–Crippen LogP) is 2.07. The molecule has 0 saturated carbocycles. The lowest BCUT2D eigenvalue weighted by atomic mass is 10.2. The summed E-state index contributed by atoms with van der Waals surface area (Å²) in [5.41, 5.74) is 0.681. The number of nitrogens with zero attached hydrogens (tertiary/aromatic N) is 2. The maximum atomic E-state index is 13.2. The summed E-state index contributed by atoms with van der Waals surface area (Å²) in [6, 6.07) is 10.7. The largest absolute Gasteiger partial charge is 0.467 e. The van der Waals surface area contributed by atoms with Gasteiger partial charge in [-0.25, -0.2) is 9.07 Å². The highest BCUT2D eigenvalue weighted by Crippen LogP contribution is 2.12.